The molecule has 110 valence electrons. The van der Waals surface area contributed by atoms with Gasteiger partial charge in [-0.15, -0.1) is 0 Å². The van der Waals surface area contributed by atoms with E-state index < -0.39 is 0 Å². The monoisotopic (exact) mass is 278 g/mol. The zero-order valence-electron chi connectivity index (χ0n) is 12.3. The third kappa shape index (κ3) is 3.49. The molecule has 2 atom stereocenters. The van der Waals surface area contributed by atoms with Crippen molar-refractivity contribution in [1.29, 1.82) is 0 Å². The second-order valence-corrected chi connectivity index (χ2v) is 5.10. The highest BCUT2D eigenvalue weighted by molar-refractivity contribution is 5.82. The summed E-state index contributed by atoms with van der Waals surface area (Å²) in [6.07, 6.45) is 0.867. The Hall–Kier alpha value is -1.59. The lowest BCUT2D eigenvalue weighted by Gasteiger charge is -2.21. The van der Waals surface area contributed by atoms with Crippen LogP contribution < -0.4 is 10.1 Å². The minimum Gasteiger partial charge on any atom is -0.497 e. The minimum absolute atomic E-state index is 0.104. The summed E-state index contributed by atoms with van der Waals surface area (Å²) in [5.74, 6) is 0.911. The molecule has 1 aliphatic heterocycles. The van der Waals surface area contributed by atoms with Gasteiger partial charge < -0.3 is 19.7 Å². The topological polar surface area (TPSA) is 50.8 Å². The maximum atomic E-state index is 12.3. The van der Waals surface area contributed by atoms with Crippen LogP contribution >= 0.6 is 0 Å². The zero-order chi connectivity index (χ0) is 14.5. The van der Waals surface area contributed by atoms with Crippen molar-refractivity contribution < 1.29 is 14.3 Å². The number of carbonyl (C=O) groups excluding carboxylic acids is 1. The largest absolute Gasteiger partial charge is 0.497 e. The Morgan fingerprint density at radius 2 is 2.25 bits per heavy atom. The lowest BCUT2D eigenvalue weighted by molar-refractivity contribution is -0.132. The van der Waals surface area contributed by atoms with Crippen molar-refractivity contribution in [3.63, 3.8) is 0 Å². The highest BCUT2D eigenvalue weighted by Crippen LogP contribution is 2.16. The fourth-order valence-corrected chi connectivity index (χ4v) is 2.46. The zero-order valence-corrected chi connectivity index (χ0v) is 12.3. The second-order valence-electron chi connectivity index (χ2n) is 5.10. The lowest BCUT2D eigenvalue weighted by Crippen LogP contribution is -2.41. The Morgan fingerprint density at radius 3 is 2.90 bits per heavy atom. The molecule has 5 nitrogen and oxygen atoms in total. The Morgan fingerprint density at radius 1 is 1.45 bits per heavy atom. The van der Waals surface area contributed by atoms with Crippen LogP contribution in [-0.4, -0.2) is 50.8 Å². The van der Waals surface area contributed by atoms with E-state index in [1.807, 2.05) is 31.3 Å². The van der Waals surface area contributed by atoms with Crippen molar-refractivity contribution in [3.05, 3.63) is 29.8 Å². The van der Waals surface area contributed by atoms with E-state index >= 15 is 0 Å². The molecule has 5 heteroatoms. The average Bonchev–Trinajstić information content (AvgIpc) is 2.95. The van der Waals surface area contributed by atoms with E-state index in [0.29, 0.717) is 6.54 Å². The first kappa shape index (κ1) is 14.8. The predicted molar refractivity (Wildman–Crippen MR) is 76.7 cm³/mol. The lowest BCUT2D eigenvalue weighted by atomic mass is 10.1. The number of likely N-dealkylation sites (N-methyl/N-ethyl adjacent to an activating group) is 1. The van der Waals surface area contributed by atoms with Crippen LogP contribution in [0, 0.1) is 0 Å². The minimum atomic E-state index is -0.143. The number of carbonyl (C=O) groups is 1. The molecule has 2 rings (SSSR count). The number of hydrogen-bond acceptors (Lipinski definition) is 4. The van der Waals surface area contributed by atoms with E-state index in [1.54, 1.807) is 19.1 Å². The SMILES string of the molecule is COc1cccc(CN(C)C(=O)C2CC(OC)CN2)c1. The molecule has 1 aliphatic rings. The van der Waals surface area contributed by atoms with E-state index in [4.69, 9.17) is 9.47 Å². The van der Waals surface area contributed by atoms with Gasteiger partial charge in [0, 0.05) is 27.2 Å². The first-order chi connectivity index (χ1) is 9.63. The highest BCUT2D eigenvalue weighted by Gasteiger charge is 2.31. The quantitative estimate of drug-likeness (QED) is 0.874. The maximum absolute atomic E-state index is 12.3. The number of nitrogens with one attached hydrogen (secondary N) is 1. The molecule has 0 radical (unpaired) electrons. The van der Waals surface area contributed by atoms with Crippen LogP contribution in [0.2, 0.25) is 0 Å². The molecule has 0 aromatic heterocycles. The molecule has 1 saturated heterocycles. The normalized spacial score (nSPS) is 21.8. The molecule has 0 spiro atoms. The van der Waals surface area contributed by atoms with Crippen molar-refractivity contribution in [2.45, 2.75) is 25.1 Å². The van der Waals surface area contributed by atoms with Crippen LogP contribution in [0.1, 0.15) is 12.0 Å². The molecule has 1 N–H and O–H groups in total. The van der Waals surface area contributed by atoms with Gasteiger partial charge in [-0.05, 0) is 24.1 Å². The van der Waals surface area contributed by atoms with Gasteiger partial charge in [0.05, 0.1) is 19.3 Å². The predicted octanol–water partition coefficient (Wildman–Crippen LogP) is 1.03. The molecule has 1 aromatic rings. The first-order valence-corrected chi connectivity index (χ1v) is 6.78. The number of rotatable bonds is 5. The van der Waals surface area contributed by atoms with Gasteiger partial charge in [-0.1, -0.05) is 12.1 Å². The fourth-order valence-electron chi connectivity index (χ4n) is 2.46. The maximum Gasteiger partial charge on any atom is 0.239 e. The molecule has 1 amide bonds. The summed E-state index contributed by atoms with van der Waals surface area (Å²) in [6, 6.07) is 7.63. The summed E-state index contributed by atoms with van der Waals surface area (Å²) in [7, 11) is 5.14. The summed E-state index contributed by atoms with van der Waals surface area (Å²) >= 11 is 0. The number of amides is 1. The van der Waals surface area contributed by atoms with Crippen LogP contribution in [0.25, 0.3) is 0 Å². The standard InChI is InChI=1S/C15H22N2O3/c1-17(10-11-5-4-6-12(7-11)19-2)15(18)14-8-13(20-3)9-16-14/h4-7,13-14,16H,8-10H2,1-3H3. The molecule has 1 fully saturated rings. The van der Waals surface area contributed by atoms with Crippen LogP contribution in [0.15, 0.2) is 24.3 Å². The smallest absolute Gasteiger partial charge is 0.239 e. The van der Waals surface area contributed by atoms with Crippen LogP contribution in [-0.2, 0) is 16.1 Å². The van der Waals surface area contributed by atoms with Gasteiger partial charge >= 0.3 is 0 Å². The van der Waals surface area contributed by atoms with E-state index in [-0.39, 0.29) is 18.1 Å². The van der Waals surface area contributed by atoms with Gasteiger partial charge in [-0.25, -0.2) is 0 Å². The van der Waals surface area contributed by atoms with Gasteiger partial charge in [-0.2, -0.15) is 0 Å². The molecular formula is C15H22N2O3. The van der Waals surface area contributed by atoms with E-state index in [2.05, 4.69) is 5.32 Å². The Bertz CT molecular complexity index is 464. The van der Waals surface area contributed by atoms with Gasteiger partial charge in [-0.3, -0.25) is 4.79 Å². The van der Waals surface area contributed by atoms with Crippen molar-refractivity contribution in [3.8, 4) is 5.75 Å². The van der Waals surface area contributed by atoms with E-state index in [9.17, 15) is 4.79 Å². The molecule has 0 aliphatic carbocycles. The van der Waals surface area contributed by atoms with Crippen LogP contribution in [0.4, 0.5) is 0 Å². The van der Waals surface area contributed by atoms with Crippen molar-refractivity contribution in [2.75, 3.05) is 27.8 Å². The van der Waals surface area contributed by atoms with Crippen LogP contribution in [0.3, 0.4) is 0 Å². The molecular weight excluding hydrogens is 256 g/mol. The third-order valence-electron chi connectivity index (χ3n) is 3.65. The van der Waals surface area contributed by atoms with Crippen LogP contribution in [0.5, 0.6) is 5.75 Å². The molecule has 0 bridgehead atoms. The number of hydrogen-bond donors (Lipinski definition) is 1. The molecule has 1 aromatic carbocycles. The second kappa shape index (κ2) is 6.72. The van der Waals surface area contributed by atoms with Gasteiger partial charge in [0.15, 0.2) is 0 Å². The third-order valence-corrected chi connectivity index (χ3v) is 3.65. The van der Waals surface area contributed by atoms with Crippen molar-refractivity contribution >= 4 is 5.91 Å². The summed E-state index contributed by atoms with van der Waals surface area (Å²) in [5.41, 5.74) is 1.06. The Balaban J connectivity index is 1.93. The Kier molecular flexibility index (Phi) is 4.98. The van der Waals surface area contributed by atoms with E-state index in [0.717, 1.165) is 24.3 Å². The van der Waals surface area contributed by atoms with E-state index in [1.165, 1.54) is 0 Å². The number of benzene rings is 1. The summed E-state index contributed by atoms with van der Waals surface area (Å²) in [4.78, 5) is 14.1. The number of ether oxygens (including phenoxy) is 2. The Labute approximate surface area is 119 Å². The van der Waals surface area contributed by atoms with Crippen molar-refractivity contribution in [1.82, 2.24) is 10.2 Å². The fraction of sp³-hybridized carbons (Fsp3) is 0.533. The molecule has 1 heterocycles. The highest BCUT2D eigenvalue weighted by atomic mass is 16.5. The summed E-state index contributed by atoms with van der Waals surface area (Å²) < 4.78 is 10.5. The number of methoxy groups -OCH3 is 2. The summed E-state index contributed by atoms with van der Waals surface area (Å²) in [5, 5.41) is 3.21. The molecule has 2 unspecified atom stereocenters. The summed E-state index contributed by atoms with van der Waals surface area (Å²) in [6.45, 7) is 1.31. The molecule has 20 heavy (non-hydrogen) atoms. The number of nitrogens with zero attached hydrogens (tertiary/aromatic N) is 1. The first-order valence-electron chi connectivity index (χ1n) is 6.78. The molecule has 0 saturated carbocycles. The van der Waals surface area contributed by atoms with Gasteiger partial charge in [0.1, 0.15) is 5.75 Å². The van der Waals surface area contributed by atoms with Gasteiger partial charge in [0.2, 0.25) is 5.91 Å². The van der Waals surface area contributed by atoms with Crippen molar-refractivity contribution in [2.24, 2.45) is 0 Å². The van der Waals surface area contributed by atoms with Gasteiger partial charge in [0.25, 0.3) is 0 Å². The average molecular weight is 278 g/mol.